The molecule has 19 heteroatoms. The van der Waals surface area contributed by atoms with Crippen molar-refractivity contribution in [2.45, 2.75) is 341 Å². The van der Waals surface area contributed by atoms with Crippen LogP contribution in [0.3, 0.4) is 0 Å². The fourth-order valence-electron chi connectivity index (χ4n) is 10.4. The van der Waals surface area contributed by atoms with Gasteiger partial charge < -0.3 is 33.8 Å². The van der Waals surface area contributed by atoms with Gasteiger partial charge in [0, 0.05) is 25.7 Å². The second kappa shape index (κ2) is 76.4. The van der Waals surface area contributed by atoms with Gasteiger partial charge in [-0.05, 0) is 154 Å². The van der Waals surface area contributed by atoms with Crippen LogP contribution in [0.25, 0.3) is 0 Å². The van der Waals surface area contributed by atoms with E-state index in [0.29, 0.717) is 38.5 Å². The van der Waals surface area contributed by atoms with Gasteiger partial charge in [0.2, 0.25) is 0 Å². The summed E-state index contributed by atoms with van der Waals surface area (Å²) in [5, 5.41) is 10.6. The first-order chi connectivity index (χ1) is 50.7. The van der Waals surface area contributed by atoms with Gasteiger partial charge in [-0.1, -0.05) is 277 Å². The maximum Gasteiger partial charge on any atom is 0.472 e. The van der Waals surface area contributed by atoms with Crippen molar-refractivity contribution in [3.63, 3.8) is 0 Å². The number of allylic oxidation sites excluding steroid dienone is 22. The number of ether oxygens (including phenoxy) is 4. The third-order valence-corrected chi connectivity index (χ3v) is 18.5. The molecule has 0 rings (SSSR count). The fraction of sp³-hybridized carbons (Fsp3) is 0.694. The minimum absolute atomic E-state index is 0.00386. The van der Waals surface area contributed by atoms with Crippen LogP contribution in [0.15, 0.2) is 134 Å². The van der Waals surface area contributed by atoms with Crippen molar-refractivity contribution in [2.75, 3.05) is 39.6 Å². The largest absolute Gasteiger partial charge is 0.472 e. The summed E-state index contributed by atoms with van der Waals surface area (Å²) in [5.74, 6) is -2.33. The van der Waals surface area contributed by atoms with Crippen LogP contribution in [0.1, 0.15) is 323 Å². The van der Waals surface area contributed by atoms with E-state index in [4.69, 9.17) is 37.0 Å². The number of carbonyl (C=O) groups is 4. The lowest BCUT2D eigenvalue weighted by Gasteiger charge is -2.21. The van der Waals surface area contributed by atoms with Crippen LogP contribution in [0.2, 0.25) is 0 Å². The number of rotatable bonds is 75. The molecule has 104 heavy (non-hydrogen) atoms. The van der Waals surface area contributed by atoms with Crippen molar-refractivity contribution < 1.29 is 80.2 Å². The van der Waals surface area contributed by atoms with Crippen molar-refractivity contribution in [1.82, 2.24) is 0 Å². The topological polar surface area (TPSA) is 237 Å². The summed E-state index contributed by atoms with van der Waals surface area (Å²) < 4.78 is 68.5. The molecule has 0 aliphatic heterocycles. The highest BCUT2D eigenvalue weighted by atomic mass is 31.2. The fourth-order valence-corrected chi connectivity index (χ4v) is 11.9. The van der Waals surface area contributed by atoms with Crippen LogP contribution in [0.4, 0.5) is 0 Å². The predicted molar refractivity (Wildman–Crippen MR) is 427 cm³/mol. The molecule has 0 saturated heterocycles. The Bertz CT molecular complexity index is 2490. The second-order valence-electron chi connectivity index (χ2n) is 26.7. The molecule has 0 fully saturated rings. The lowest BCUT2D eigenvalue weighted by Crippen LogP contribution is -2.30. The Morgan fingerprint density at radius 1 is 0.279 bits per heavy atom. The van der Waals surface area contributed by atoms with Crippen LogP contribution in [0.5, 0.6) is 0 Å². The van der Waals surface area contributed by atoms with E-state index >= 15 is 0 Å². The highest BCUT2D eigenvalue weighted by molar-refractivity contribution is 7.47. The van der Waals surface area contributed by atoms with E-state index in [0.717, 1.165) is 128 Å². The van der Waals surface area contributed by atoms with E-state index in [2.05, 4.69) is 137 Å². The van der Waals surface area contributed by atoms with E-state index in [1.165, 1.54) is 103 Å². The summed E-state index contributed by atoms with van der Waals surface area (Å²) in [4.78, 5) is 73.0. The molecule has 17 nitrogen and oxygen atoms in total. The van der Waals surface area contributed by atoms with Gasteiger partial charge in [0.1, 0.15) is 19.3 Å². The Morgan fingerprint density at radius 2 is 0.510 bits per heavy atom. The standard InChI is InChI=1S/C85H144O17P2/c1-5-9-13-17-21-25-29-33-37-39-43-46-50-54-58-62-66-70-83(88)96-76-81(102-85(90)72-68-64-60-56-52-48-44-40-38-34-30-26-22-18-14-10-6-2)78-100-104(93,94)98-74-79(86)73-97-103(91,92)99-77-80(101-84(89)71-67-63-59-55-51-47-42-36-32-28-24-20-16-12-8-4)75-95-82(87)69-65-61-57-53-49-45-41-35-31-27-23-19-15-11-7-3/h21-22,25-26,28,32-38,41-44,46,48,54,56,58,60,79-81,86H,5-20,23-24,27,29-31,39-40,45,47,49-53,55,57,59,61-78H2,1-4H3,(H,91,92)(H,93,94)/b25-21-,26-22-,32-28-,37-33-,38-34-,41-35-,42-36-,46-43-,48-44-,58-54-,60-56-/t79-,80-,81-/m1/s1. The Morgan fingerprint density at radius 3 is 0.865 bits per heavy atom. The SMILES string of the molecule is CCCCC/C=C\C/C=C\C/C=C\C/C=C\CCCC(=O)OC[C@H](COP(=O)(O)OC[C@H](O)COP(=O)(O)OC[C@@H](COC(=O)CCCCCCC/C=C\CCCCCCCC)OC(=O)CCCCCCC/C=C\C=C/CCCCCC)OC(=O)CCC/C=C\C/C=C\C/C=C\C/C=C\CCCCC. The molecule has 596 valence electrons. The predicted octanol–water partition coefficient (Wildman–Crippen LogP) is 23.7. The van der Waals surface area contributed by atoms with Gasteiger partial charge in [0.15, 0.2) is 12.2 Å². The number of hydrogen-bond donors (Lipinski definition) is 3. The highest BCUT2D eigenvalue weighted by Gasteiger charge is 2.30. The molecule has 0 radical (unpaired) electrons. The molecule has 0 amide bonds. The molecule has 0 spiro atoms. The van der Waals surface area contributed by atoms with Crippen LogP contribution in [0, 0.1) is 0 Å². The average molecular weight is 1500 g/mol. The number of aliphatic hydroxyl groups is 1. The van der Waals surface area contributed by atoms with Gasteiger partial charge in [-0.25, -0.2) is 9.13 Å². The maximum absolute atomic E-state index is 13.1. The number of esters is 4. The highest BCUT2D eigenvalue weighted by Crippen LogP contribution is 2.45. The average Bonchev–Trinajstić information content (AvgIpc) is 0.926. The minimum atomic E-state index is -5.01. The molecule has 5 atom stereocenters. The minimum Gasteiger partial charge on any atom is -0.462 e. The Labute approximate surface area is 631 Å². The van der Waals surface area contributed by atoms with E-state index < -0.39 is 97.5 Å². The van der Waals surface area contributed by atoms with Crippen molar-refractivity contribution in [1.29, 1.82) is 0 Å². The number of unbranched alkanes of at least 4 members (excludes halogenated alkanes) is 28. The molecular weight excluding hydrogens is 1350 g/mol. The Kier molecular flexibility index (Phi) is 72.9. The van der Waals surface area contributed by atoms with Crippen molar-refractivity contribution in [3.8, 4) is 0 Å². The summed E-state index contributed by atoms with van der Waals surface area (Å²) in [6.45, 7) is 4.65. The summed E-state index contributed by atoms with van der Waals surface area (Å²) in [6, 6.07) is 0. The van der Waals surface area contributed by atoms with Gasteiger partial charge in [-0.15, -0.1) is 0 Å². The van der Waals surface area contributed by atoms with Crippen LogP contribution in [-0.4, -0.2) is 96.7 Å². The van der Waals surface area contributed by atoms with Gasteiger partial charge in [0.25, 0.3) is 0 Å². The maximum atomic E-state index is 13.1. The van der Waals surface area contributed by atoms with E-state index in [9.17, 15) is 43.2 Å². The number of hydrogen-bond acceptors (Lipinski definition) is 15. The lowest BCUT2D eigenvalue weighted by molar-refractivity contribution is -0.161. The van der Waals surface area contributed by atoms with Gasteiger partial charge in [-0.3, -0.25) is 37.3 Å². The molecule has 0 heterocycles. The second-order valence-corrected chi connectivity index (χ2v) is 29.6. The lowest BCUT2D eigenvalue weighted by atomic mass is 10.1. The third kappa shape index (κ3) is 75.4. The smallest absolute Gasteiger partial charge is 0.462 e. The zero-order chi connectivity index (χ0) is 76.0. The van der Waals surface area contributed by atoms with Crippen LogP contribution < -0.4 is 0 Å². The molecule has 0 aliphatic rings. The van der Waals surface area contributed by atoms with Gasteiger partial charge in [-0.2, -0.15) is 0 Å². The normalized spacial score (nSPS) is 14.6. The molecule has 0 aliphatic carbocycles. The summed E-state index contributed by atoms with van der Waals surface area (Å²) in [7, 11) is -10.0. The van der Waals surface area contributed by atoms with E-state index in [1.807, 2.05) is 24.3 Å². The van der Waals surface area contributed by atoms with E-state index in [-0.39, 0.29) is 25.7 Å². The van der Waals surface area contributed by atoms with Crippen molar-refractivity contribution in [2.24, 2.45) is 0 Å². The van der Waals surface area contributed by atoms with Crippen LogP contribution >= 0.6 is 15.6 Å². The van der Waals surface area contributed by atoms with Crippen molar-refractivity contribution >= 4 is 39.5 Å². The first-order valence-corrected chi connectivity index (χ1v) is 43.4. The molecule has 0 aromatic heterocycles. The molecule has 3 N–H and O–H groups in total. The Hall–Kier alpha value is -4.80. The molecule has 0 bridgehead atoms. The zero-order valence-corrected chi connectivity index (χ0v) is 66.9. The summed E-state index contributed by atoms with van der Waals surface area (Å²) in [5.41, 5.74) is 0. The number of phosphoric ester groups is 2. The van der Waals surface area contributed by atoms with E-state index in [1.54, 1.807) is 0 Å². The number of carbonyl (C=O) groups excluding carboxylic acids is 4. The summed E-state index contributed by atoms with van der Waals surface area (Å²) in [6.07, 6.45) is 85.8. The first-order valence-electron chi connectivity index (χ1n) is 40.4. The number of aliphatic hydroxyl groups excluding tert-OH is 1. The summed E-state index contributed by atoms with van der Waals surface area (Å²) >= 11 is 0. The molecule has 0 saturated carbocycles. The van der Waals surface area contributed by atoms with Gasteiger partial charge >= 0.3 is 39.5 Å². The first kappa shape index (κ1) is 99.2. The van der Waals surface area contributed by atoms with Gasteiger partial charge in [0.05, 0.1) is 26.4 Å². The third-order valence-electron chi connectivity index (χ3n) is 16.6. The quantitative estimate of drug-likeness (QED) is 0.0128. The molecular formula is C85H144O17P2. The molecule has 0 aromatic rings. The molecule has 0 aromatic carbocycles. The van der Waals surface area contributed by atoms with Crippen LogP contribution in [-0.2, 0) is 65.4 Å². The monoisotopic (exact) mass is 1500 g/mol. The molecule has 2 unspecified atom stereocenters. The number of phosphoric acid groups is 2. The van der Waals surface area contributed by atoms with Crippen molar-refractivity contribution in [3.05, 3.63) is 134 Å². The zero-order valence-electron chi connectivity index (χ0n) is 65.2. The Balaban J connectivity index is 5.49.